The summed E-state index contributed by atoms with van der Waals surface area (Å²) in [5.74, 6) is 1.82. The minimum absolute atomic E-state index is 0.0273. The Hall–Kier alpha value is -1.66. The number of thiophene rings is 1. The Morgan fingerprint density at radius 3 is 2.70 bits per heavy atom. The third-order valence-electron chi connectivity index (χ3n) is 5.17. The smallest absolute Gasteiger partial charge is 0.263 e. The fraction of sp³-hybridized carbons (Fsp3) is 0.619. The number of hydrogen-bond donors (Lipinski definition) is 0. The number of carbonyl (C=O) groups excluding carboxylic acids is 1. The van der Waals surface area contributed by atoms with Crippen LogP contribution in [0.2, 0.25) is 0 Å². The Morgan fingerprint density at radius 2 is 2.07 bits per heavy atom. The molecule has 3 heterocycles. The molecule has 5 nitrogen and oxygen atoms in total. The van der Waals surface area contributed by atoms with Gasteiger partial charge in [0.2, 0.25) is 0 Å². The Morgan fingerprint density at radius 1 is 1.37 bits per heavy atom. The van der Waals surface area contributed by atoms with E-state index in [1.165, 1.54) is 11.3 Å². The van der Waals surface area contributed by atoms with E-state index in [4.69, 9.17) is 9.72 Å². The van der Waals surface area contributed by atoms with Crippen LogP contribution in [0.4, 0.5) is 0 Å². The molecule has 0 unspecified atom stereocenters. The van der Waals surface area contributed by atoms with Gasteiger partial charge in [0, 0.05) is 55.9 Å². The summed E-state index contributed by atoms with van der Waals surface area (Å²) >= 11 is 1.50. The summed E-state index contributed by atoms with van der Waals surface area (Å²) in [5.41, 5.74) is 1.96. The molecule has 27 heavy (non-hydrogen) atoms. The molecule has 0 aliphatic carbocycles. The third-order valence-corrected chi connectivity index (χ3v) is 6.09. The second kappa shape index (κ2) is 8.15. The molecule has 1 saturated heterocycles. The molecule has 0 bridgehead atoms. The molecule has 3 rings (SSSR count). The second-order valence-electron chi connectivity index (χ2n) is 8.43. The van der Waals surface area contributed by atoms with Gasteiger partial charge in [0.1, 0.15) is 5.82 Å². The standard InChI is InChI=1S/C21H31N3O2S/c1-6-23(5)19(25)18-11-16(14-27-18)17-13-24(20(22-17)21(2,3)4)12-15-7-9-26-10-8-15/h11,13-15H,6-10,12H2,1-5H3. The predicted octanol–water partition coefficient (Wildman–Crippen LogP) is 4.43. The van der Waals surface area contributed by atoms with Gasteiger partial charge in [-0.1, -0.05) is 20.8 Å². The lowest BCUT2D eigenvalue weighted by Crippen LogP contribution is -2.25. The van der Waals surface area contributed by atoms with Crippen LogP contribution in [-0.4, -0.2) is 47.2 Å². The van der Waals surface area contributed by atoms with Crippen LogP contribution in [0.15, 0.2) is 17.6 Å². The minimum Gasteiger partial charge on any atom is -0.381 e. The molecule has 1 aliphatic rings. The van der Waals surface area contributed by atoms with Crippen LogP contribution in [0, 0.1) is 5.92 Å². The number of nitrogens with zero attached hydrogens (tertiary/aromatic N) is 3. The van der Waals surface area contributed by atoms with Crippen LogP contribution < -0.4 is 0 Å². The zero-order valence-electron chi connectivity index (χ0n) is 17.1. The first-order chi connectivity index (χ1) is 12.8. The van der Waals surface area contributed by atoms with Gasteiger partial charge < -0.3 is 14.2 Å². The molecule has 1 fully saturated rings. The van der Waals surface area contributed by atoms with Gasteiger partial charge in [0.05, 0.1) is 10.6 Å². The molecule has 0 atom stereocenters. The lowest BCUT2D eigenvalue weighted by Gasteiger charge is -2.25. The maximum Gasteiger partial charge on any atom is 0.263 e. The molecule has 0 aromatic carbocycles. The van der Waals surface area contributed by atoms with Crippen molar-refractivity contribution >= 4 is 17.2 Å². The molecular formula is C21H31N3O2S. The van der Waals surface area contributed by atoms with Crippen LogP contribution in [0.3, 0.4) is 0 Å². The number of hydrogen-bond acceptors (Lipinski definition) is 4. The van der Waals surface area contributed by atoms with E-state index in [1.54, 1.807) is 4.90 Å². The Kier molecular flexibility index (Phi) is 6.06. The van der Waals surface area contributed by atoms with Crippen molar-refractivity contribution in [2.24, 2.45) is 5.92 Å². The second-order valence-corrected chi connectivity index (χ2v) is 9.34. The summed E-state index contributed by atoms with van der Waals surface area (Å²) in [6.07, 6.45) is 4.38. The molecule has 2 aromatic rings. The maximum absolute atomic E-state index is 12.4. The normalized spacial score (nSPS) is 15.9. The monoisotopic (exact) mass is 389 g/mol. The Bertz CT molecular complexity index is 782. The highest BCUT2D eigenvalue weighted by Crippen LogP contribution is 2.31. The van der Waals surface area contributed by atoms with Crippen LogP contribution in [0.1, 0.15) is 56.0 Å². The first kappa shape index (κ1) is 20.1. The van der Waals surface area contributed by atoms with Crippen molar-refractivity contribution in [3.8, 4) is 11.3 Å². The van der Waals surface area contributed by atoms with Crippen molar-refractivity contribution in [2.45, 2.75) is 52.5 Å². The number of amides is 1. The molecule has 0 N–H and O–H groups in total. The maximum atomic E-state index is 12.4. The van der Waals surface area contributed by atoms with E-state index in [1.807, 2.05) is 25.4 Å². The van der Waals surface area contributed by atoms with Gasteiger partial charge in [-0.05, 0) is 31.7 Å². The van der Waals surface area contributed by atoms with Crippen molar-refractivity contribution in [3.05, 3.63) is 28.3 Å². The van der Waals surface area contributed by atoms with Crippen LogP contribution in [-0.2, 0) is 16.7 Å². The molecule has 2 aromatic heterocycles. The number of carbonyl (C=O) groups is 1. The molecule has 148 valence electrons. The summed E-state index contributed by atoms with van der Waals surface area (Å²) in [6.45, 7) is 12.0. The lowest BCUT2D eigenvalue weighted by molar-refractivity contribution is 0.0607. The highest BCUT2D eigenvalue weighted by molar-refractivity contribution is 7.12. The number of rotatable bonds is 5. The fourth-order valence-corrected chi connectivity index (χ4v) is 4.31. The average molecular weight is 390 g/mol. The van der Waals surface area contributed by atoms with Crippen molar-refractivity contribution in [1.29, 1.82) is 0 Å². The van der Waals surface area contributed by atoms with E-state index < -0.39 is 0 Å². The first-order valence-corrected chi connectivity index (χ1v) is 10.7. The fourth-order valence-electron chi connectivity index (χ4n) is 3.41. The number of imidazole rings is 1. The molecule has 0 saturated carbocycles. The van der Waals surface area contributed by atoms with Gasteiger partial charge in [-0.15, -0.1) is 11.3 Å². The van der Waals surface area contributed by atoms with Gasteiger partial charge >= 0.3 is 0 Å². The van der Waals surface area contributed by atoms with Crippen LogP contribution in [0.5, 0.6) is 0 Å². The minimum atomic E-state index is -0.0273. The molecule has 6 heteroatoms. The quantitative estimate of drug-likeness (QED) is 0.760. The average Bonchev–Trinajstić information content (AvgIpc) is 3.28. The summed E-state index contributed by atoms with van der Waals surface area (Å²) < 4.78 is 7.83. The largest absolute Gasteiger partial charge is 0.381 e. The Balaban J connectivity index is 1.88. The van der Waals surface area contributed by atoms with E-state index in [-0.39, 0.29) is 11.3 Å². The molecular weight excluding hydrogens is 358 g/mol. The lowest BCUT2D eigenvalue weighted by atomic mass is 9.94. The molecule has 1 aliphatic heterocycles. The topological polar surface area (TPSA) is 47.4 Å². The van der Waals surface area contributed by atoms with E-state index in [2.05, 4.69) is 31.5 Å². The number of aromatic nitrogens is 2. The summed E-state index contributed by atoms with van der Waals surface area (Å²) in [4.78, 5) is 19.9. The third kappa shape index (κ3) is 4.61. The SMILES string of the molecule is CCN(C)C(=O)c1cc(-c2cn(CC3CCOCC3)c(C(C)(C)C)n2)cs1. The molecule has 0 spiro atoms. The highest BCUT2D eigenvalue weighted by Gasteiger charge is 2.25. The van der Waals surface area contributed by atoms with Crippen molar-refractivity contribution in [2.75, 3.05) is 26.8 Å². The van der Waals surface area contributed by atoms with Crippen molar-refractivity contribution in [1.82, 2.24) is 14.5 Å². The molecule has 1 amide bonds. The van der Waals surface area contributed by atoms with E-state index in [0.717, 1.165) is 54.6 Å². The van der Waals surface area contributed by atoms with E-state index in [0.29, 0.717) is 12.5 Å². The van der Waals surface area contributed by atoms with Crippen LogP contribution >= 0.6 is 11.3 Å². The summed E-state index contributed by atoms with van der Waals surface area (Å²) in [7, 11) is 1.84. The zero-order chi connectivity index (χ0) is 19.6. The van der Waals surface area contributed by atoms with Crippen molar-refractivity contribution < 1.29 is 9.53 Å². The van der Waals surface area contributed by atoms with Crippen molar-refractivity contribution in [3.63, 3.8) is 0 Å². The first-order valence-electron chi connectivity index (χ1n) is 9.79. The van der Waals surface area contributed by atoms with Gasteiger partial charge in [0.25, 0.3) is 5.91 Å². The van der Waals surface area contributed by atoms with Gasteiger partial charge in [-0.2, -0.15) is 0 Å². The predicted molar refractivity (Wildman–Crippen MR) is 110 cm³/mol. The van der Waals surface area contributed by atoms with E-state index in [9.17, 15) is 4.79 Å². The molecule has 0 radical (unpaired) electrons. The van der Waals surface area contributed by atoms with Gasteiger partial charge in [-0.25, -0.2) is 4.98 Å². The highest BCUT2D eigenvalue weighted by atomic mass is 32.1. The van der Waals surface area contributed by atoms with Gasteiger partial charge in [0.15, 0.2) is 0 Å². The summed E-state index contributed by atoms with van der Waals surface area (Å²) in [5, 5.41) is 2.05. The van der Waals surface area contributed by atoms with E-state index >= 15 is 0 Å². The van der Waals surface area contributed by atoms with Gasteiger partial charge in [-0.3, -0.25) is 4.79 Å². The number of ether oxygens (including phenoxy) is 1. The zero-order valence-corrected chi connectivity index (χ0v) is 17.9. The van der Waals surface area contributed by atoms with Crippen LogP contribution in [0.25, 0.3) is 11.3 Å². The Labute approximate surface area is 166 Å². The summed E-state index contributed by atoms with van der Waals surface area (Å²) in [6, 6.07) is 1.98.